The molecule has 0 aromatic carbocycles. The van der Waals surface area contributed by atoms with Crippen LogP contribution in [0.1, 0.15) is 12.8 Å². The van der Waals surface area contributed by atoms with Crippen molar-refractivity contribution in [2.24, 2.45) is 11.7 Å². The van der Waals surface area contributed by atoms with Gasteiger partial charge in [-0.05, 0) is 25.9 Å². The zero-order valence-corrected chi connectivity index (χ0v) is 8.24. The standard InChI is InChI=1S/C9H17N3O2/c10-9(14)8-1-4-12(5-2-8)6-3-11-7-13/h7-8H,1-6H2,(H2,10,14)(H,11,13). The van der Waals surface area contributed by atoms with Gasteiger partial charge in [-0.15, -0.1) is 0 Å². The Bertz CT molecular complexity index is 200. The van der Waals surface area contributed by atoms with Crippen molar-refractivity contribution >= 4 is 12.3 Å². The number of carbonyl (C=O) groups is 2. The second kappa shape index (κ2) is 5.59. The van der Waals surface area contributed by atoms with Gasteiger partial charge in [-0.1, -0.05) is 0 Å². The minimum absolute atomic E-state index is 0.0466. The number of carbonyl (C=O) groups excluding carboxylic acids is 2. The van der Waals surface area contributed by atoms with Crippen LogP contribution in [0.2, 0.25) is 0 Å². The van der Waals surface area contributed by atoms with E-state index in [1.807, 2.05) is 0 Å². The van der Waals surface area contributed by atoms with E-state index in [1.54, 1.807) is 0 Å². The SMILES string of the molecule is NC(=O)C1CCN(CCNC=O)CC1. The van der Waals surface area contributed by atoms with E-state index in [-0.39, 0.29) is 11.8 Å². The second-order valence-corrected chi connectivity index (χ2v) is 3.59. The number of hydrogen-bond acceptors (Lipinski definition) is 3. The summed E-state index contributed by atoms with van der Waals surface area (Å²) in [6.07, 6.45) is 2.39. The lowest BCUT2D eigenvalue weighted by molar-refractivity contribution is -0.123. The predicted molar refractivity (Wildman–Crippen MR) is 52.4 cm³/mol. The molecule has 1 saturated heterocycles. The first-order chi connectivity index (χ1) is 6.74. The molecule has 1 fully saturated rings. The van der Waals surface area contributed by atoms with E-state index in [9.17, 15) is 9.59 Å². The lowest BCUT2D eigenvalue weighted by atomic mass is 9.96. The van der Waals surface area contributed by atoms with Crippen LogP contribution in [0.15, 0.2) is 0 Å². The number of primary amides is 1. The van der Waals surface area contributed by atoms with Crippen LogP contribution in [-0.2, 0) is 9.59 Å². The van der Waals surface area contributed by atoms with E-state index in [1.165, 1.54) is 0 Å². The number of nitrogens with two attached hydrogens (primary N) is 1. The number of rotatable bonds is 5. The van der Waals surface area contributed by atoms with Gasteiger partial charge < -0.3 is 16.0 Å². The van der Waals surface area contributed by atoms with Gasteiger partial charge in [0.1, 0.15) is 0 Å². The molecule has 0 saturated carbocycles. The molecule has 0 radical (unpaired) electrons. The van der Waals surface area contributed by atoms with E-state index in [4.69, 9.17) is 5.73 Å². The maximum absolute atomic E-state index is 10.9. The smallest absolute Gasteiger partial charge is 0.220 e. The van der Waals surface area contributed by atoms with Gasteiger partial charge in [0.25, 0.3) is 0 Å². The zero-order valence-electron chi connectivity index (χ0n) is 8.24. The Labute approximate surface area is 83.6 Å². The highest BCUT2D eigenvalue weighted by Crippen LogP contribution is 2.15. The van der Waals surface area contributed by atoms with Crippen molar-refractivity contribution in [3.8, 4) is 0 Å². The first-order valence-corrected chi connectivity index (χ1v) is 4.92. The maximum atomic E-state index is 10.9. The van der Waals surface area contributed by atoms with Crippen LogP contribution in [0, 0.1) is 5.92 Å². The topological polar surface area (TPSA) is 75.4 Å². The summed E-state index contributed by atoms with van der Waals surface area (Å²) in [5.41, 5.74) is 5.22. The van der Waals surface area contributed by atoms with Crippen LogP contribution in [0.25, 0.3) is 0 Å². The van der Waals surface area contributed by atoms with Gasteiger partial charge in [-0.2, -0.15) is 0 Å². The van der Waals surface area contributed by atoms with Gasteiger partial charge in [0, 0.05) is 19.0 Å². The average molecular weight is 199 g/mol. The molecule has 0 unspecified atom stereocenters. The molecule has 0 aromatic heterocycles. The van der Waals surface area contributed by atoms with Crippen LogP contribution in [0.4, 0.5) is 0 Å². The molecule has 1 aliphatic heterocycles. The lowest BCUT2D eigenvalue weighted by Gasteiger charge is -2.30. The summed E-state index contributed by atoms with van der Waals surface area (Å²) in [4.78, 5) is 23.1. The molecule has 1 aliphatic rings. The van der Waals surface area contributed by atoms with Crippen molar-refractivity contribution in [1.82, 2.24) is 10.2 Å². The molecule has 0 bridgehead atoms. The predicted octanol–water partition coefficient (Wildman–Crippen LogP) is -1.07. The highest BCUT2D eigenvalue weighted by molar-refractivity contribution is 5.76. The summed E-state index contributed by atoms with van der Waals surface area (Å²) < 4.78 is 0. The van der Waals surface area contributed by atoms with Gasteiger partial charge in [-0.25, -0.2) is 0 Å². The Balaban J connectivity index is 2.15. The normalized spacial score (nSPS) is 19.1. The van der Waals surface area contributed by atoms with E-state index in [0.717, 1.165) is 32.5 Å². The zero-order chi connectivity index (χ0) is 10.4. The molecule has 0 aliphatic carbocycles. The van der Waals surface area contributed by atoms with Gasteiger partial charge in [-0.3, -0.25) is 9.59 Å². The van der Waals surface area contributed by atoms with Crippen molar-refractivity contribution in [2.75, 3.05) is 26.2 Å². The number of nitrogens with one attached hydrogen (secondary N) is 1. The largest absolute Gasteiger partial charge is 0.369 e. The highest BCUT2D eigenvalue weighted by atomic mass is 16.1. The lowest BCUT2D eigenvalue weighted by Crippen LogP contribution is -2.41. The fraction of sp³-hybridized carbons (Fsp3) is 0.778. The molecule has 80 valence electrons. The van der Waals surface area contributed by atoms with Gasteiger partial charge in [0.15, 0.2) is 0 Å². The van der Waals surface area contributed by atoms with Crippen LogP contribution in [0.3, 0.4) is 0 Å². The molecular formula is C9H17N3O2. The monoisotopic (exact) mass is 199 g/mol. The van der Waals surface area contributed by atoms with E-state index in [2.05, 4.69) is 10.2 Å². The molecule has 0 aromatic rings. The Morgan fingerprint density at radius 3 is 2.64 bits per heavy atom. The molecule has 3 N–H and O–H groups in total. The molecule has 5 nitrogen and oxygen atoms in total. The van der Waals surface area contributed by atoms with Crippen molar-refractivity contribution in [3.63, 3.8) is 0 Å². The molecule has 1 rings (SSSR count). The first-order valence-electron chi connectivity index (χ1n) is 4.92. The molecule has 2 amide bonds. The van der Waals surface area contributed by atoms with Crippen LogP contribution >= 0.6 is 0 Å². The number of nitrogens with zero attached hydrogens (tertiary/aromatic N) is 1. The third-order valence-corrected chi connectivity index (χ3v) is 2.65. The fourth-order valence-electron chi connectivity index (χ4n) is 1.72. The summed E-state index contributed by atoms with van der Waals surface area (Å²) in [5, 5.41) is 2.62. The summed E-state index contributed by atoms with van der Waals surface area (Å²) in [5.74, 6) is -0.138. The Morgan fingerprint density at radius 1 is 1.50 bits per heavy atom. The molecule has 14 heavy (non-hydrogen) atoms. The second-order valence-electron chi connectivity index (χ2n) is 3.59. The summed E-state index contributed by atoms with van der Waals surface area (Å²) in [6, 6.07) is 0. The van der Waals surface area contributed by atoms with E-state index >= 15 is 0 Å². The van der Waals surface area contributed by atoms with Crippen molar-refractivity contribution < 1.29 is 9.59 Å². The minimum atomic E-state index is -0.185. The van der Waals surface area contributed by atoms with Gasteiger partial charge >= 0.3 is 0 Å². The van der Waals surface area contributed by atoms with E-state index in [0.29, 0.717) is 13.0 Å². The molecule has 0 atom stereocenters. The van der Waals surface area contributed by atoms with Crippen LogP contribution < -0.4 is 11.1 Å². The molecule has 0 spiro atoms. The first kappa shape index (κ1) is 11.0. The van der Waals surface area contributed by atoms with Gasteiger partial charge in [0.05, 0.1) is 0 Å². The van der Waals surface area contributed by atoms with Crippen LogP contribution in [0.5, 0.6) is 0 Å². The van der Waals surface area contributed by atoms with Crippen molar-refractivity contribution in [3.05, 3.63) is 0 Å². The molecule has 5 heteroatoms. The highest BCUT2D eigenvalue weighted by Gasteiger charge is 2.22. The maximum Gasteiger partial charge on any atom is 0.220 e. The molecular weight excluding hydrogens is 182 g/mol. The van der Waals surface area contributed by atoms with Crippen molar-refractivity contribution in [2.45, 2.75) is 12.8 Å². The quantitative estimate of drug-likeness (QED) is 0.437. The van der Waals surface area contributed by atoms with Crippen LogP contribution in [-0.4, -0.2) is 43.4 Å². The number of amides is 2. The summed E-state index contributed by atoms with van der Waals surface area (Å²) in [6.45, 7) is 3.32. The Hall–Kier alpha value is -1.10. The average Bonchev–Trinajstić information content (AvgIpc) is 2.19. The fourth-order valence-corrected chi connectivity index (χ4v) is 1.72. The minimum Gasteiger partial charge on any atom is -0.369 e. The third-order valence-electron chi connectivity index (χ3n) is 2.65. The summed E-state index contributed by atoms with van der Waals surface area (Å²) >= 11 is 0. The number of piperidine rings is 1. The van der Waals surface area contributed by atoms with E-state index < -0.39 is 0 Å². The van der Waals surface area contributed by atoms with Gasteiger partial charge in [0.2, 0.25) is 12.3 Å². The Kier molecular flexibility index (Phi) is 4.39. The van der Waals surface area contributed by atoms with Crippen molar-refractivity contribution in [1.29, 1.82) is 0 Å². The molecule has 1 heterocycles. The Morgan fingerprint density at radius 2 is 2.14 bits per heavy atom. The summed E-state index contributed by atoms with van der Waals surface area (Å²) in [7, 11) is 0. The number of likely N-dealkylation sites (tertiary alicyclic amines) is 1. The number of hydrogen-bond donors (Lipinski definition) is 2. The third kappa shape index (κ3) is 3.33.